The Hall–Kier alpha value is -2.94. The van der Waals surface area contributed by atoms with Crippen LogP contribution in [0.15, 0.2) is 36.4 Å². The molecule has 9 heteroatoms. The lowest BCUT2D eigenvalue weighted by Crippen LogP contribution is -2.48. The van der Waals surface area contributed by atoms with Crippen molar-refractivity contribution in [3.05, 3.63) is 53.1 Å². The molecule has 1 heterocycles. The number of piperazine rings is 1. The lowest BCUT2D eigenvalue weighted by Gasteiger charge is -2.35. The molecule has 1 amide bonds. The smallest absolute Gasteiger partial charge is 0.416 e. The largest absolute Gasteiger partial charge is 0.493 e. The molecule has 2 aliphatic rings. The fourth-order valence-corrected chi connectivity index (χ4v) is 4.78. The SMILES string of the molecule is COc1ccc(CN2CCN(C(=O)C3CC3c3ccccc3C(F)(F)F)CC2)c(OC)c1OC. The molecule has 6 nitrogen and oxygen atoms in total. The van der Waals surface area contributed by atoms with Gasteiger partial charge in [0.05, 0.1) is 26.9 Å². The van der Waals surface area contributed by atoms with Crippen molar-refractivity contribution >= 4 is 5.91 Å². The molecule has 0 N–H and O–H groups in total. The zero-order valence-corrected chi connectivity index (χ0v) is 19.5. The Bertz CT molecular complexity index is 1040. The molecule has 184 valence electrons. The summed E-state index contributed by atoms with van der Waals surface area (Å²) in [6.45, 7) is 3.03. The molecule has 34 heavy (non-hydrogen) atoms. The van der Waals surface area contributed by atoms with Crippen molar-refractivity contribution in [2.75, 3.05) is 47.5 Å². The number of carbonyl (C=O) groups excluding carboxylic acids is 1. The number of hydrogen-bond donors (Lipinski definition) is 0. The summed E-state index contributed by atoms with van der Waals surface area (Å²) in [4.78, 5) is 17.0. The van der Waals surface area contributed by atoms with Crippen LogP contribution in [0.5, 0.6) is 17.2 Å². The first-order valence-corrected chi connectivity index (χ1v) is 11.2. The topological polar surface area (TPSA) is 51.2 Å². The van der Waals surface area contributed by atoms with Gasteiger partial charge in [0.2, 0.25) is 11.7 Å². The average molecular weight is 479 g/mol. The van der Waals surface area contributed by atoms with Gasteiger partial charge in [-0.05, 0) is 30.0 Å². The number of amides is 1. The van der Waals surface area contributed by atoms with Gasteiger partial charge >= 0.3 is 6.18 Å². The van der Waals surface area contributed by atoms with Crippen molar-refractivity contribution in [2.24, 2.45) is 5.92 Å². The molecular weight excluding hydrogens is 449 g/mol. The molecule has 4 rings (SSSR count). The van der Waals surface area contributed by atoms with E-state index in [9.17, 15) is 18.0 Å². The van der Waals surface area contributed by atoms with E-state index in [-0.39, 0.29) is 23.3 Å². The number of rotatable bonds is 7. The Morgan fingerprint density at radius 1 is 0.941 bits per heavy atom. The van der Waals surface area contributed by atoms with Crippen LogP contribution >= 0.6 is 0 Å². The number of alkyl halides is 3. The third-order valence-electron chi connectivity index (χ3n) is 6.64. The highest BCUT2D eigenvalue weighted by Crippen LogP contribution is 2.51. The zero-order chi connectivity index (χ0) is 24.5. The van der Waals surface area contributed by atoms with Crippen LogP contribution in [-0.2, 0) is 17.5 Å². The maximum absolute atomic E-state index is 13.4. The first kappa shape index (κ1) is 24.2. The summed E-state index contributed by atoms with van der Waals surface area (Å²) in [7, 11) is 4.71. The summed E-state index contributed by atoms with van der Waals surface area (Å²) < 4.78 is 56.4. The minimum atomic E-state index is -4.41. The van der Waals surface area contributed by atoms with Gasteiger partial charge in [-0.2, -0.15) is 13.2 Å². The van der Waals surface area contributed by atoms with Crippen LogP contribution in [0.3, 0.4) is 0 Å². The van der Waals surface area contributed by atoms with Crippen LogP contribution in [0.25, 0.3) is 0 Å². The molecule has 1 saturated carbocycles. The number of benzene rings is 2. The Kier molecular flexibility index (Phi) is 6.93. The number of nitrogens with zero attached hydrogens (tertiary/aromatic N) is 2. The van der Waals surface area contributed by atoms with Crippen LogP contribution in [0.4, 0.5) is 13.2 Å². The second kappa shape index (κ2) is 9.74. The van der Waals surface area contributed by atoms with Crippen molar-refractivity contribution in [2.45, 2.75) is 25.1 Å². The Morgan fingerprint density at radius 3 is 2.24 bits per heavy atom. The number of halogens is 3. The summed E-state index contributed by atoms with van der Waals surface area (Å²) in [5.74, 6) is 0.954. The Morgan fingerprint density at radius 2 is 1.62 bits per heavy atom. The third-order valence-corrected chi connectivity index (χ3v) is 6.64. The van der Waals surface area contributed by atoms with E-state index < -0.39 is 11.7 Å². The molecular formula is C25H29F3N2O4. The molecule has 2 aromatic carbocycles. The van der Waals surface area contributed by atoms with Gasteiger partial charge < -0.3 is 19.1 Å². The predicted octanol–water partition coefficient (Wildman–Crippen LogP) is 4.18. The molecule has 0 aromatic heterocycles. The first-order valence-electron chi connectivity index (χ1n) is 11.2. The fourth-order valence-electron chi connectivity index (χ4n) is 4.78. The predicted molar refractivity (Wildman–Crippen MR) is 120 cm³/mol. The summed E-state index contributed by atoms with van der Waals surface area (Å²) in [5, 5.41) is 0. The lowest BCUT2D eigenvalue weighted by molar-refractivity contribution is -0.139. The molecule has 2 aromatic rings. The lowest BCUT2D eigenvalue weighted by atomic mass is 10.0. The summed E-state index contributed by atoms with van der Waals surface area (Å²) in [5.41, 5.74) is 0.544. The average Bonchev–Trinajstić information content (AvgIpc) is 3.64. The molecule has 2 unspecified atom stereocenters. The van der Waals surface area contributed by atoms with E-state index >= 15 is 0 Å². The van der Waals surface area contributed by atoms with E-state index in [0.717, 1.165) is 11.6 Å². The van der Waals surface area contributed by atoms with Crippen molar-refractivity contribution in [1.82, 2.24) is 9.80 Å². The monoisotopic (exact) mass is 478 g/mol. The van der Waals surface area contributed by atoms with E-state index in [2.05, 4.69) is 4.90 Å². The number of methoxy groups -OCH3 is 3. The fraction of sp³-hybridized carbons (Fsp3) is 0.480. The van der Waals surface area contributed by atoms with Gasteiger partial charge in [0.15, 0.2) is 11.5 Å². The van der Waals surface area contributed by atoms with Crippen molar-refractivity contribution < 1.29 is 32.2 Å². The summed E-state index contributed by atoms with van der Waals surface area (Å²) in [6.07, 6.45) is -3.95. The number of hydrogen-bond acceptors (Lipinski definition) is 5. The van der Waals surface area contributed by atoms with Crippen LogP contribution < -0.4 is 14.2 Å². The molecule has 1 saturated heterocycles. The maximum Gasteiger partial charge on any atom is 0.416 e. The second-order valence-electron chi connectivity index (χ2n) is 8.63. The highest BCUT2D eigenvalue weighted by Gasteiger charge is 2.49. The van der Waals surface area contributed by atoms with E-state index in [1.165, 1.54) is 12.1 Å². The zero-order valence-electron chi connectivity index (χ0n) is 19.5. The van der Waals surface area contributed by atoms with Crippen LogP contribution in [-0.4, -0.2) is 63.2 Å². The Labute approximate surface area is 197 Å². The van der Waals surface area contributed by atoms with Crippen LogP contribution in [0.2, 0.25) is 0 Å². The number of carbonyl (C=O) groups is 1. The summed E-state index contributed by atoms with van der Waals surface area (Å²) in [6, 6.07) is 9.35. The van der Waals surface area contributed by atoms with Gasteiger partial charge in [-0.25, -0.2) is 0 Å². The maximum atomic E-state index is 13.4. The van der Waals surface area contributed by atoms with Crippen molar-refractivity contribution in [1.29, 1.82) is 0 Å². The Balaban J connectivity index is 1.36. The quantitative estimate of drug-likeness (QED) is 0.598. The molecule has 0 bridgehead atoms. The molecule has 2 fully saturated rings. The van der Waals surface area contributed by atoms with Crippen molar-refractivity contribution in [3.8, 4) is 17.2 Å². The van der Waals surface area contributed by atoms with Gasteiger partial charge in [-0.3, -0.25) is 9.69 Å². The van der Waals surface area contributed by atoms with Gasteiger partial charge in [-0.1, -0.05) is 24.3 Å². The van der Waals surface area contributed by atoms with Crippen LogP contribution in [0.1, 0.15) is 29.0 Å². The van der Waals surface area contributed by atoms with E-state index in [1.807, 2.05) is 12.1 Å². The molecule has 0 radical (unpaired) electrons. The highest BCUT2D eigenvalue weighted by molar-refractivity contribution is 5.83. The standard InChI is InChI=1S/C25H29F3N2O4/c1-32-21-9-8-16(22(33-2)23(21)34-3)15-29-10-12-30(13-11-29)24(31)19-14-18(19)17-6-4-5-7-20(17)25(26,27)28/h4-9,18-19H,10-15H2,1-3H3. The highest BCUT2D eigenvalue weighted by atomic mass is 19.4. The minimum absolute atomic E-state index is 0.0506. The minimum Gasteiger partial charge on any atom is -0.493 e. The molecule has 1 aliphatic heterocycles. The van der Waals surface area contributed by atoms with Gasteiger partial charge in [0.25, 0.3) is 0 Å². The first-order chi connectivity index (χ1) is 16.3. The van der Waals surface area contributed by atoms with Gasteiger partial charge in [0, 0.05) is 44.2 Å². The van der Waals surface area contributed by atoms with Gasteiger partial charge in [0.1, 0.15) is 0 Å². The summed E-state index contributed by atoms with van der Waals surface area (Å²) >= 11 is 0. The van der Waals surface area contributed by atoms with Crippen molar-refractivity contribution in [3.63, 3.8) is 0 Å². The molecule has 1 aliphatic carbocycles. The third kappa shape index (κ3) is 4.80. The van der Waals surface area contributed by atoms with Crippen LogP contribution in [0, 0.1) is 5.92 Å². The van der Waals surface area contributed by atoms with E-state index in [0.29, 0.717) is 56.4 Å². The van der Waals surface area contributed by atoms with E-state index in [4.69, 9.17) is 14.2 Å². The van der Waals surface area contributed by atoms with Gasteiger partial charge in [-0.15, -0.1) is 0 Å². The molecule has 0 spiro atoms. The normalized spacial score (nSPS) is 20.7. The molecule has 2 atom stereocenters. The van der Waals surface area contributed by atoms with E-state index in [1.54, 1.807) is 32.3 Å². The second-order valence-corrected chi connectivity index (χ2v) is 8.63. The number of ether oxygens (including phenoxy) is 3.